The van der Waals surface area contributed by atoms with Crippen molar-refractivity contribution >= 4 is 17.5 Å². The second-order valence-electron chi connectivity index (χ2n) is 5.72. The maximum Gasteiger partial charge on any atom is 0.271 e. The van der Waals surface area contributed by atoms with Crippen molar-refractivity contribution in [2.75, 3.05) is 5.73 Å². The van der Waals surface area contributed by atoms with Gasteiger partial charge < -0.3 is 31.5 Å². The molecule has 0 saturated carbocycles. The number of hydrogen-bond acceptors (Lipinski definition) is 8. The molecule has 1 fully saturated rings. The van der Waals surface area contributed by atoms with Crippen LogP contribution in [-0.4, -0.2) is 61.0 Å². The van der Waals surface area contributed by atoms with E-state index in [1.54, 1.807) is 13.8 Å². The number of aromatic nitrogens is 2. The topological polar surface area (TPSA) is 174 Å². The van der Waals surface area contributed by atoms with Crippen LogP contribution in [0, 0.1) is 5.92 Å². The van der Waals surface area contributed by atoms with Crippen LogP contribution in [0.5, 0.6) is 0 Å². The predicted molar refractivity (Wildman–Crippen MR) is 76.9 cm³/mol. The number of anilines is 1. The highest BCUT2D eigenvalue weighted by Gasteiger charge is 2.49. The van der Waals surface area contributed by atoms with Crippen molar-refractivity contribution in [3.05, 3.63) is 12.0 Å². The molecule has 0 bridgehead atoms. The quantitative estimate of drug-likeness (QED) is 0.403. The van der Waals surface area contributed by atoms with E-state index < -0.39 is 48.3 Å². The molecule has 7 N–H and O–H groups in total. The van der Waals surface area contributed by atoms with Crippen LogP contribution in [0.25, 0.3) is 0 Å². The molecular formula is C13H20N4O6. The number of nitrogen functional groups attached to an aromatic ring is 1. The van der Waals surface area contributed by atoms with Crippen molar-refractivity contribution in [3.63, 3.8) is 0 Å². The van der Waals surface area contributed by atoms with Crippen molar-refractivity contribution in [2.24, 2.45) is 11.7 Å². The van der Waals surface area contributed by atoms with Crippen molar-refractivity contribution < 1.29 is 29.6 Å². The number of ketones is 1. The minimum Gasteiger partial charge on any atom is -0.387 e. The zero-order valence-electron chi connectivity index (χ0n) is 12.7. The summed E-state index contributed by atoms with van der Waals surface area (Å²) in [7, 11) is 0. The second-order valence-corrected chi connectivity index (χ2v) is 5.72. The molecule has 1 aromatic heterocycles. The van der Waals surface area contributed by atoms with Gasteiger partial charge in [0, 0.05) is 5.92 Å². The highest BCUT2D eigenvalue weighted by atomic mass is 16.6. The number of imidazole rings is 1. The van der Waals surface area contributed by atoms with Gasteiger partial charge in [0.25, 0.3) is 5.91 Å². The first-order chi connectivity index (χ1) is 10.7. The fourth-order valence-electron chi connectivity index (χ4n) is 2.44. The highest BCUT2D eigenvalue weighted by molar-refractivity contribution is 5.95. The van der Waals surface area contributed by atoms with Gasteiger partial charge in [0.2, 0.25) is 0 Å². The molecule has 5 atom stereocenters. The Morgan fingerprint density at radius 1 is 1.35 bits per heavy atom. The molecule has 10 nitrogen and oxygen atoms in total. The van der Waals surface area contributed by atoms with E-state index in [4.69, 9.17) is 16.2 Å². The molecule has 0 radical (unpaired) electrons. The van der Waals surface area contributed by atoms with E-state index in [9.17, 15) is 24.9 Å². The number of Topliss-reactive ketones (excluding diaryl/α,β-unsaturated/α-hetero) is 1. The van der Waals surface area contributed by atoms with Crippen LogP contribution in [0.4, 0.5) is 5.82 Å². The lowest BCUT2D eigenvalue weighted by Gasteiger charge is -2.21. The number of nitrogens with two attached hydrogens (primary N) is 2. The Hall–Kier alpha value is -2.01. The summed E-state index contributed by atoms with van der Waals surface area (Å²) in [5.41, 5.74) is 10.6. The van der Waals surface area contributed by atoms with Gasteiger partial charge in [0.15, 0.2) is 17.7 Å². The fraction of sp³-hybridized carbons (Fsp3) is 0.615. The summed E-state index contributed by atoms with van der Waals surface area (Å²) >= 11 is 0. The van der Waals surface area contributed by atoms with Gasteiger partial charge in [0.1, 0.15) is 30.2 Å². The van der Waals surface area contributed by atoms with Crippen molar-refractivity contribution in [2.45, 2.75) is 44.5 Å². The first kappa shape index (κ1) is 17.3. The molecular weight excluding hydrogens is 308 g/mol. The third-order valence-corrected chi connectivity index (χ3v) is 3.79. The van der Waals surface area contributed by atoms with Crippen molar-refractivity contribution in [1.82, 2.24) is 9.55 Å². The van der Waals surface area contributed by atoms with E-state index >= 15 is 0 Å². The van der Waals surface area contributed by atoms with Crippen LogP contribution >= 0.6 is 0 Å². The maximum atomic E-state index is 11.9. The van der Waals surface area contributed by atoms with Gasteiger partial charge in [-0.1, -0.05) is 13.8 Å². The number of carbonyl (C=O) groups is 2. The largest absolute Gasteiger partial charge is 0.387 e. The minimum absolute atomic E-state index is 0.154. The Bertz CT molecular complexity index is 616. The Kier molecular flexibility index (Phi) is 4.71. The zero-order valence-corrected chi connectivity index (χ0v) is 12.7. The summed E-state index contributed by atoms with van der Waals surface area (Å²) in [5, 5.41) is 30.2. The number of aliphatic hydroxyl groups is 3. The maximum absolute atomic E-state index is 11.9. The summed E-state index contributed by atoms with van der Waals surface area (Å²) in [6.07, 6.45) is -6.03. The summed E-state index contributed by atoms with van der Waals surface area (Å²) in [6, 6.07) is 0. The van der Waals surface area contributed by atoms with E-state index in [0.717, 1.165) is 10.9 Å². The van der Waals surface area contributed by atoms with Crippen LogP contribution in [0.3, 0.4) is 0 Å². The predicted octanol–water partition coefficient (Wildman–Crippen LogP) is -2.23. The molecule has 128 valence electrons. The standard InChI is InChI=1S/C13H20N4O6/c1-4(2)6(18)7(19)10-8(20)9(21)13(23-10)17-3-16-5(11(17)14)12(15)22/h3-4,7-10,13,19-21H,14H2,1-2H3,(H2,15,22)/t7?,8-,9+,10+,13+/m0/s1. The van der Waals surface area contributed by atoms with Gasteiger partial charge >= 0.3 is 0 Å². The van der Waals surface area contributed by atoms with Crippen molar-refractivity contribution in [3.8, 4) is 0 Å². The molecule has 2 rings (SSSR count). The number of rotatable bonds is 5. The first-order valence-electron chi connectivity index (χ1n) is 7.02. The first-order valence-corrected chi connectivity index (χ1v) is 7.02. The van der Waals surface area contributed by atoms with Gasteiger partial charge in [0.05, 0.1) is 6.33 Å². The van der Waals surface area contributed by atoms with Crippen molar-refractivity contribution in [1.29, 1.82) is 0 Å². The molecule has 1 aromatic rings. The minimum atomic E-state index is -1.61. The third-order valence-electron chi connectivity index (χ3n) is 3.79. The van der Waals surface area contributed by atoms with E-state index in [1.807, 2.05) is 0 Å². The van der Waals surface area contributed by atoms with Crippen LogP contribution < -0.4 is 11.5 Å². The van der Waals surface area contributed by atoms with E-state index in [1.165, 1.54) is 0 Å². The lowest BCUT2D eigenvalue weighted by atomic mass is 9.96. The number of aliphatic hydroxyl groups excluding tert-OH is 3. The molecule has 1 unspecified atom stereocenters. The lowest BCUT2D eigenvalue weighted by Crippen LogP contribution is -2.44. The molecule has 0 aliphatic carbocycles. The molecule has 2 heterocycles. The summed E-state index contributed by atoms with van der Waals surface area (Å²) in [6.45, 7) is 3.18. The lowest BCUT2D eigenvalue weighted by molar-refractivity contribution is -0.144. The number of primary amides is 1. The third kappa shape index (κ3) is 2.93. The summed E-state index contributed by atoms with van der Waals surface area (Å²) < 4.78 is 6.51. The molecule has 1 saturated heterocycles. The summed E-state index contributed by atoms with van der Waals surface area (Å²) in [5.74, 6) is -2.02. The van der Waals surface area contributed by atoms with Crippen LogP contribution in [0.15, 0.2) is 6.33 Å². The van der Waals surface area contributed by atoms with Crippen LogP contribution in [-0.2, 0) is 9.53 Å². The second kappa shape index (κ2) is 6.24. The van der Waals surface area contributed by atoms with E-state index in [2.05, 4.69) is 4.98 Å². The molecule has 1 aliphatic rings. The molecule has 0 aromatic carbocycles. The average molecular weight is 328 g/mol. The normalized spacial score (nSPS) is 29.0. The molecule has 23 heavy (non-hydrogen) atoms. The molecule has 1 aliphatic heterocycles. The number of carbonyl (C=O) groups excluding carboxylic acids is 2. The van der Waals surface area contributed by atoms with Gasteiger partial charge in [-0.05, 0) is 0 Å². The van der Waals surface area contributed by atoms with E-state index in [0.29, 0.717) is 0 Å². The number of hydrogen-bond donors (Lipinski definition) is 5. The molecule has 0 spiro atoms. The van der Waals surface area contributed by atoms with Gasteiger partial charge in [-0.2, -0.15) is 0 Å². The van der Waals surface area contributed by atoms with Gasteiger partial charge in [-0.15, -0.1) is 0 Å². The Morgan fingerprint density at radius 3 is 2.43 bits per heavy atom. The monoisotopic (exact) mass is 328 g/mol. The zero-order chi connectivity index (χ0) is 17.5. The van der Waals surface area contributed by atoms with Gasteiger partial charge in [-0.25, -0.2) is 4.98 Å². The average Bonchev–Trinajstić information content (AvgIpc) is 2.99. The number of amides is 1. The Labute approximate surface area is 131 Å². The van der Waals surface area contributed by atoms with Crippen LogP contribution in [0.2, 0.25) is 0 Å². The number of ether oxygens (including phenoxy) is 1. The molecule has 1 amide bonds. The van der Waals surface area contributed by atoms with Gasteiger partial charge in [-0.3, -0.25) is 14.2 Å². The highest BCUT2D eigenvalue weighted by Crippen LogP contribution is 2.33. The Morgan fingerprint density at radius 2 is 1.96 bits per heavy atom. The molecule has 10 heteroatoms. The summed E-state index contributed by atoms with van der Waals surface area (Å²) in [4.78, 5) is 26.7. The fourth-order valence-corrected chi connectivity index (χ4v) is 2.44. The van der Waals surface area contributed by atoms with Crippen LogP contribution in [0.1, 0.15) is 30.6 Å². The van der Waals surface area contributed by atoms with E-state index in [-0.39, 0.29) is 11.5 Å². The number of nitrogens with zero attached hydrogens (tertiary/aromatic N) is 2. The Balaban J connectivity index is 2.26. The smallest absolute Gasteiger partial charge is 0.271 e. The SMILES string of the molecule is CC(C)C(=O)C(O)[C@H]1O[C@@H](n2cnc(C(N)=O)c2N)[C@H](O)[C@@H]1O.